The van der Waals surface area contributed by atoms with Gasteiger partial charge in [-0.2, -0.15) is 0 Å². The summed E-state index contributed by atoms with van der Waals surface area (Å²) in [5, 5.41) is 6.04. The van der Waals surface area contributed by atoms with E-state index in [-0.39, 0.29) is 31.5 Å². The van der Waals surface area contributed by atoms with E-state index in [9.17, 15) is 13.6 Å². The zero-order chi connectivity index (χ0) is 18.9. The number of amides is 1. The lowest BCUT2D eigenvalue weighted by molar-refractivity contribution is 0.0257. The second kappa shape index (κ2) is 7.29. The molecule has 5 nitrogen and oxygen atoms in total. The van der Waals surface area contributed by atoms with Crippen LogP contribution < -0.4 is 21.3 Å². The first kappa shape index (κ1) is 18.7. The lowest BCUT2D eigenvalue weighted by atomic mass is 9.87. The zero-order valence-electron chi connectivity index (χ0n) is 15.4. The Morgan fingerprint density at radius 1 is 1.27 bits per heavy atom. The highest BCUT2D eigenvalue weighted by Crippen LogP contribution is 2.36. The van der Waals surface area contributed by atoms with Crippen molar-refractivity contribution in [2.24, 2.45) is 5.92 Å². The molecule has 7 heteroatoms. The van der Waals surface area contributed by atoms with Crippen LogP contribution >= 0.6 is 0 Å². The molecule has 0 atom stereocenters. The monoisotopic (exact) mass is 366 g/mol. The molecule has 0 spiro atoms. The van der Waals surface area contributed by atoms with Gasteiger partial charge < -0.3 is 21.3 Å². The quantitative estimate of drug-likeness (QED) is 0.714. The molecule has 144 valence electrons. The molecule has 2 aliphatic rings. The molecule has 1 aliphatic carbocycles. The Bertz CT molecular complexity index is 672. The van der Waals surface area contributed by atoms with E-state index in [1.165, 1.54) is 0 Å². The first-order valence-electron chi connectivity index (χ1n) is 9.34. The van der Waals surface area contributed by atoms with E-state index >= 15 is 0 Å². The van der Waals surface area contributed by atoms with Crippen molar-refractivity contribution in [1.29, 1.82) is 0 Å². The lowest BCUT2D eigenvalue weighted by Crippen LogP contribution is -2.38. The van der Waals surface area contributed by atoms with Crippen molar-refractivity contribution in [2.45, 2.75) is 51.0 Å². The number of nitrogens with two attached hydrogens (primary N) is 1. The molecule has 1 heterocycles. The molecule has 0 radical (unpaired) electrons. The van der Waals surface area contributed by atoms with Crippen LogP contribution in [0.15, 0.2) is 12.1 Å². The van der Waals surface area contributed by atoms with Gasteiger partial charge in [0.1, 0.15) is 0 Å². The molecule has 1 aromatic carbocycles. The van der Waals surface area contributed by atoms with Crippen LogP contribution in [0.25, 0.3) is 0 Å². The number of hydrogen-bond donors (Lipinski definition) is 3. The maximum absolute atomic E-state index is 13.7. The Labute approximate surface area is 153 Å². The van der Waals surface area contributed by atoms with Gasteiger partial charge in [-0.3, -0.25) is 4.79 Å². The van der Waals surface area contributed by atoms with Crippen LogP contribution in [0.3, 0.4) is 0 Å². The van der Waals surface area contributed by atoms with Gasteiger partial charge in [-0.1, -0.05) is 6.92 Å². The van der Waals surface area contributed by atoms with Crippen LogP contribution in [0.2, 0.25) is 0 Å². The van der Waals surface area contributed by atoms with Gasteiger partial charge in [-0.15, -0.1) is 0 Å². The average Bonchev–Trinajstić information content (AvgIpc) is 2.96. The number of nitrogen functional groups attached to an aromatic ring is 1. The number of nitrogens with zero attached hydrogens (tertiary/aromatic N) is 1. The van der Waals surface area contributed by atoms with Crippen molar-refractivity contribution in [3.8, 4) is 0 Å². The van der Waals surface area contributed by atoms with Crippen molar-refractivity contribution in [2.75, 3.05) is 36.1 Å². The summed E-state index contributed by atoms with van der Waals surface area (Å²) in [6.45, 7) is 2.07. The number of carbonyl (C=O) groups excluding carboxylic acids is 1. The average molecular weight is 366 g/mol. The van der Waals surface area contributed by atoms with Gasteiger partial charge >= 0.3 is 0 Å². The number of anilines is 3. The molecule has 0 bridgehead atoms. The van der Waals surface area contributed by atoms with Gasteiger partial charge in [0, 0.05) is 26.1 Å². The van der Waals surface area contributed by atoms with E-state index in [0.29, 0.717) is 28.5 Å². The third kappa shape index (κ3) is 4.02. The fourth-order valence-electron chi connectivity index (χ4n) is 3.87. The van der Waals surface area contributed by atoms with Crippen LogP contribution in [0.5, 0.6) is 0 Å². The van der Waals surface area contributed by atoms with Crippen molar-refractivity contribution >= 4 is 23.0 Å². The maximum atomic E-state index is 13.7. The minimum Gasteiger partial charge on any atom is -0.397 e. The second-order valence-corrected chi connectivity index (χ2v) is 7.66. The molecule has 1 aromatic rings. The fraction of sp³-hybridized carbons (Fsp3) is 0.632. The van der Waals surface area contributed by atoms with E-state index in [1.54, 1.807) is 24.1 Å². The smallest absolute Gasteiger partial charge is 0.266 e. The van der Waals surface area contributed by atoms with Crippen LogP contribution in [0, 0.1) is 5.92 Å². The molecule has 3 rings (SSSR count). The fourth-order valence-corrected chi connectivity index (χ4v) is 3.87. The van der Waals surface area contributed by atoms with Gasteiger partial charge in [0.05, 0.1) is 29.2 Å². The number of carbonyl (C=O) groups is 1. The molecular formula is C19H28F2N4O. The molecule has 0 unspecified atom stereocenters. The third-order valence-corrected chi connectivity index (χ3v) is 5.54. The van der Waals surface area contributed by atoms with Crippen LogP contribution in [-0.4, -0.2) is 38.0 Å². The summed E-state index contributed by atoms with van der Waals surface area (Å²) in [5.74, 6) is -2.27. The highest BCUT2D eigenvalue weighted by atomic mass is 19.3. The van der Waals surface area contributed by atoms with Gasteiger partial charge in [-0.25, -0.2) is 8.78 Å². The summed E-state index contributed by atoms with van der Waals surface area (Å²) in [7, 11) is 1.72. The third-order valence-electron chi connectivity index (χ3n) is 5.54. The highest BCUT2D eigenvalue weighted by Gasteiger charge is 2.39. The number of hydrogen-bond acceptors (Lipinski definition) is 4. The normalized spacial score (nSPS) is 25.2. The largest absolute Gasteiger partial charge is 0.397 e. The van der Waals surface area contributed by atoms with E-state index in [2.05, 4.69) is 17.6 Å². The Kier molecular flexibility index (Phi) is 5.25. The number of halogens is 2. The molecule has 1 saturated carbocycles. The van der Waals surface area contributed by atoms with Gasteiger partial charge in [0.15, 0.2) is 0 Å². The molecule has 0 aromatic heterocycles. The van der Waals surface area contributed by atoms with E-state index in [0.717, 1.165) is 25.7 Å². The number of alkyl halides is 2. The van der Waals surface area contributed by atoms with Crippen molar-refractivity contribution < 1.29 is 13.6 Å². The molecular weight excluding hydrogens is 338 g/mol. The SMILES string of the molecule is CNc1cc(N2CCC(F)(F)C2)c(C(=O)N[C@H]2CC[C@H](C)CC2)cc1N. The number of rotatable bonds is 4. The zero-order valence-corrected chi connectivity index (χ0v) is 15.4. The Morgan fingerprint density at radius 2 is 1.96 bits per heavy atom. The molecule has 1 saturated heterocycles. The lowest BCUT2D eigenvalue weighted by Gasteiger charge is -2.28. The highest BCUT2D eigenvalue weighted by molar-refractivity contribution is 6.02. The van der Waals surface area contributed by atoms with Crippen LogP contribution in [-0.2, 0) is 0 Å². The Balaban J connectivity index is 1.85. The topological polar surface area (TPSA) is 70.4 Å². The molecule has 1 aliphatic heterocycles. The Morgan fingerprint density at radius 3 is 2.54 bits per heavy atom. The predicted octanol–water partition coefficient (Wildman–Crippen LogP) is 3.46. The summed E-state index contributed by atoms with van der Waals surface area (Å²) in [6, 6.07) is 3.43. The first-order valence-corrected chi connectivity index (χ1v) is 9.34. The van der Waals surface area contributed by atoms with Crippen molar-refractivity contribution in [3.05, 3.63) is 17.7 Å². The van der Waals surface area contributed by atoms with E-state index in [1.807, 2.05) is 0 Å². The standard InChI is InChI=1S/C19H28F2N4O/c1-12-3-5-13(6-4-12)24-18(26)14-9-15(22)16(23-2)10-17(14)25-8-7-19(20,21)11-25/h9-10,12-13,23H,3-8,11,22H2,1-2H3,(H,24,26)/t12-,13-. The van der Waals surface area contributed by atoms with Crippen molar-refractivity contribution in [3.63, 3.8) is 0 Å². The second-order valence-electron chi connectivity index (χ2n) is 7.66. The van der Waals surface area contributed by atoms with E-state index < -0.39 is 5.92 Å². The van der Waals surface area contributed by atoms with E-state index in [4.69, 9.17) is 5.73 Å². The molecule has 4 N–H and O–H groups in total. The number of nitrogens with one attached hydrogen (secondary N) is 2. The molecule has 2 fully saturated rings. The minimum absolute atomic E-state index is 0.136. The van der Waals surface area contributed by atoms with Crippen molar-refractivity contribution in [1.82, 2.24) is 5.32 Å². The summed E-state index contributed by atoms with van der Waals surface area (Å²) < 4.78 is 27.4. The molecule has 1 amide bonds. The summed E-state index contributed by atoms with van der Waals surface area (Å²) in [6.07, 6.45) is 3.89. The summed E-state index contributed by atoms with van der Waals surface area (Å²) in [5.41, 5.74) is 7.99. The predicted molar refractivity (Wildman–Crippen MR) is 101 cm³/mol. The van der Waals surface area contributed by atoms with Gasteiger partial charge in [-0.05, 0) is 43.7 Å². The maximum Gasteiger partial charge on any atom is 0.266 e. The van der Waals surface area contributed by atoms with Gasteiger partial charge in [0.25, 0.3) is 11.8 Å². The summed E-state index contributed by atoms with van der Waals surface area (Å²) >= 11 is 0. The summed E-state index contributed by atoms with van der Waals surface area (Å²) in [4.78, 5) is 14.5. The van der Waals surface area contributed by atoms with Crippen LogP contribution in [0.1, 0.15) is 49.4 Å². The number of benzene rings is 1. The Hall–Kier alpha value is -2.05. The minimum atomic E-state index is -2.73. The first-order chi connectivity index (χ1) is 12.3. The molecule has 26 heavy (non-hydrogen) atoms. The van der Waals surface area contributed by atoms with Crippen LogP contribution in [0.4, 0.5) is 25.8 Å². The van der Waals surface area contributed by atoms with Gasteiger partial charge in [0.2, 0.25) is 0 Å².